The van der Waals surface area contributed by atoms with Gasteiger partial charge in [0.1, 0.15) is 0 Å². The summed E-state index contributed by atoms with van der Waals surface area (Å²) in [6.45, 7) is 1.87. The quantitative estimate of drug-likeness (QED) is 0.616. The number of tetrazole rings is 1. The van der Waals surface area contributed by atoms with E-state index in [1.807, 2.05) is 79.3 Å². The predicted octanol–water partition coefficient (Wildman–Crippen LogP) is 2.65. The van der Waals surface area contributed by atoms with E-state index in [0.717, 1.165) is 16.6 Å². The molecule has 7 nitrogen and oxygen atoms in total. The second kappa shape index (κ2) is 6.44. The van der Waals surface area contributed by atoms with E-state index < -0.39 is 0 Å². The number of nitrogens with one attached hydrogen (secondary N) is 1. The van der Waals surface area contributed by atoms with Gasteiger partial charge in [-0.2, -0.15) is 4.68 Å². The summed E-state index contributed by atoms with van der Waals surface area (Å²) in [6, 6.07) is 17.1. The zero-order valence-corrected chi connectivity index (χ0v) is 14.5. The summed E-state index contributed by atoms with van der Waals surface area (Å²) >= 11 is 0. The summed E-state index contributed by atoms with van der Waals surface area (Å²) in [6.07, 6.45) is 1.84. The van der Waals surface area contributed by atoms with Crippen LogP contribution in [0.2, 0.25) is 0 Å². The number of carbonyl (C=O) groups excluding carboxylic acids is 1. The molecule has 2 heterocycles. The van der Waals surface area contributed by atoms with Crippen LogP contribution in [0.25, 0.3) is 16.6 Å². The average Bonchev–Trinajstić information content (AvgIpc) is 3.28. The Balaban J connectivity index is 1.62. The van der Waals surface area contributed by atoms with Crippen molar-refractivity contribution in [1.82, 2.24) is 30.1 Å². The molecule has 2 aromatic carbocycles. The Hall–Kier alpha value is -3.48. The Bertz CT molecular complexity index is 1070. The first kappa shape index (κ1) is 16.0. The largest absolute Gasteiger partial charge is 0.350 e. The molecule has 0 saturated carbocycles. The number of hydrogen-bond acceptors (Lipinski definition) is 4. The van der Waals surface area contributed by atoms with Crippen LogP contribution in [0.15, 0.2) is 60.8 Å². The first-order valence-electron chi connectivity index (χ1n) is 8.34. The van der Waals surface area contributed by atoms with Crippen molar-refractivity contribution in [1.29, 1.82) is 0 Å². The molecule has 7 heteroatoms. The van der Waals surface area contributed by atoms with Crippen LogP contribution in [0.4, 0.5) is 0 Å². The second-order valence-electron chi connectivity index (χ2n) is 6.15. The van der Waals surface area contributed by atoms with E-state index in [2.05, 4.69) is 20.8 Å². The van der Waals surface area contributed by atoms with Gasteiger partial charge < -0.3 is 9.88 Å². The molecule has 0 radical (unpaired) electrons. The molecule has 26 heavy (non-hydrogen) atoms. The molecule has 0 saturated heterocycles. The highest BCUT2D eigenvalue weighted by molar-refractivity contribution is 6.07. The van der Waals surface area contributed by atoms with Gasteiger partial charge in [0.05, 0.1) is 17.3 Å². The van der Waals surface area contributed by atoms with Gasteiger partial charge in [0, 0.05) is 24.1 Å². The van der Waals surface area contributed by atoms with Crippen molar-refractivity contribution in [2.45, 2.75) is 13.0 Å². The molecule has 1 unspecified atom stereocenters. The van der Waals surface area contributed by atoms with E-state index in [1.165, 1.54) is 0 Å². The van der Waals surface area contributed by atoms with Crippen molar-refractivity contribution < 1.29 is 4.79 Å². The number of fused-ring (bicyclic) bond motifs is 1. The van der Waals surface area contributed by atoms with Crippen LogP contribution >= 0.6 is 0 Å². The van der Waals surface area contributed by atoms with Gasteiger partial charge in [-0.05, 0) is 35.5 Å². The third-order valence-electron chi connectivity index (χ3n) is 4.37. The molecule has 1 amide bonds. The summed E-state index contributed by atoms with van der Waals surface area (Å²) in [4.78, 5) is 12.8. The molecule has 0 fully saturated rings. The average molecular weight is 346 g/mol. The SMILES string of the molecule is CC(NC(=O)c1cn(C)c2ccccc12)c1nnnn1-c1ccccc1. The van der Waals surface area contributed by atoms with Gasteiger partial charge in [0.15, 0.2) is 5.82 Å². The molecule has 0 spiro atoms. The molecule has 4 aromatic rings. The molecular formula is C19H18N6O. The minimum Gasteiger partial charge on any atom is -0.350 e. The van der Waals surface area contributed by atoms with Gasteiger partial charge in [-0.3, -0.25) is 4.79 Å². The Morgan fingerprint density at radius 3 is 2.62 bits per heavy atom. The van der Waals surface area contributed by atoms with Crippen molar-refractivity contribution in [3.63, 3.8) is 0 Å². The van der Waals surface area contributed by atoms with Crippen LogP contribution in [-0.2, 0) is 7.05 Å². The predicted molar refractivity (Wildman–Crippen MR) is 98.0 cm³/mol. The summed E-state index contributed by atoms with van der Waals surface area (Å²) in [7, 11) is 1.93. The number of nitrogens with zero attached hydrogens (tertiary/aromatic N) is 5. The van der Waals surface area contributed by atoms with Gasteiger partial charge in [-0.1, -0.05) is 36.4 Å². The maximum absolute atomic E-state index is 12.8. The molecule has 2 aromatic heterocycles. The minimum absolute atomic E-state index is 0.156. The molecule has 1 N–H and O–H groups in total. The maximum atomic E-state index is 12.8. The standard InChI is InChI=1S/C19H18N6O/c1-13(18-21-22-23-25(18)14-8-4-3-5-9-14)20-19(26)16-12-24(2)17-11-7-6-10-15(16)17/h3-13H,1-2H3,(H,20,26). The Labute approximate surface area is 150 Å². The molecule has 0 aliphatic rings. The highest BCUT2D eigenvalue weighted by atomic mass is 16.1. The number of para-hydroxylation sites is 2. The van der Waals surface area contributed by atoms with Crippen molar-refractivity contribution in [3.05, 3.63) is 72.2 Å². The van der Waals surface area contributed by atoms with E-state index in [1.54, 1.807) is 4.68 Å². The van der Waals surface area contributed by atoms with Gasteiger partial charge in [0.25, 0.3) is 5.91 Å². The molecule has 0 aliphatic heterocycles. The van der Waals surface area contributed by atoms with Crippen LogP contribution in [0, 0.1) is 0 Å². The van der Waals surface area contributed by atoms with Crippen LogP contribution in [0.3, 0.4) is 0 Å². The summed E-state index contributed by atoms with van der Waals surface area (Å²) < 4.78 is 3.58. The summed E-state index contributed by atoms with van der Waals surface area (Å²) in [5.41, 5.74) is 2.49. The van der Waals surface area contributed by atoms with E-state index >= 15 is 0 Å². The third kappa shape index (κ3) is 2.73. The maximum Gasteiger partial charge on any atom is 0.254 e. The lowest BCUT2D eigenvalue weighted by Crippen LogP contribution is -2.28. The lowest BCUT2D eigenvalue weighted by Gasteiger charge is -2.13. The summed E-state index contributed by atoms with van der Waals surface area (Å²) in [5, 5.41) is 15.8. The Kier molecular flexibility index (Phi) is 3.96. The van der Waals surface area contributed by atoms with Crippen LogP contribution in [0.5, 0.6) is 0 Å². The number of aromatic nitrogens is 5. The van der Waals surface area contributed by atoms with Crippen LogP contribution in [-0.4, -0.2) is 30.7 Å². The molecule has 4 rings (SSSR count). The van der Waals surface area contributed by atoms with Crippen molar-refractivity contribution in [2.24, 2.45) is 7.05 Å². The minimum atomic E-state index is -0.350. The van der Waals surface area contributed by atoms with E-state index in [4.69, 9.17) is 0 Å². The smallest absolute Gasteiger partial charge is 0.254 e. The Morgan fingerprint density at radius 2 is 1.81 bits per heavy atom. The van der Waals surface area contributed by atoms with Gasteiger partial charge in [0.2, 0.25) is 0 Å². The van der Waals surface area contributed by atoms with Crippen LogP contribution < -0.4 is 5.32 Å². The lowest BCUT2D eigenvalue weighted by atomic mass is 10.1. The van der Waals surface area contributed by atoms with Crippen LogP contribution in [0.1, 0.15) is 29.1 Å². The first-order chi connectivity index (χ1) is 12.6. The topological polar surface area (TPSA) is 77.6 Å². The highest BCUT2D eigenvalue weighted by Crippen LogP contribution is 2.21. The zero-order valence-electron chi connectivity index (χ0n) is 14.5. The molecule has 0 aliphatic carbocycles. The van der Waals surface area contributed by atoms with Gasteiger partial charge in [-0.25, -0.2) is 0 Å². The van der Waals surface area contributed by atoms with Gasteiger partial charge in [-0.15, -0.1) is 5.10 Å². The number of hydrogen-bond donors (Lipinski definition) is 1. The third-order valence-corrected chi connectivity index (χ3v) is 4.37. The highest BCUT2D eigenvalue weighted by Gasteiger charge is 2.20. The van der Waals surface area contributed by atoms with Crippen molar-refractivity contribution in [3.8, 4) is 5.69 Å². The first-order valence-corrected chi connectivity index (χ1v) is 8.34. The van der Waals surface area contributed by atoms with E-state index in [9.17, 15) is 4.79 Å². The Morgan fingerprint density at radius 1 is 1.08 bits per heavy atom. The fraction of sp³-hybridized carbons (Fsp3) is 0.158. The molecule has 1 atom stereocenters. The van der Waals surface area contributed by atoms with Crippen molar-refractivity contribution in [2.75, 3.05) is 0 Å². The fourth-order valence-corrected chi connectivity index (χ4v) is 3.08. The number of benzene rings is 2. The lowest BCUT2D eigenvalue weighted by molar-refractivity contribution is 0.0939. The monoisotopic (exact) mass is 346 g/mol. The fourth-order valence-electron chi connectivity index (χ4n) is 3.08. The summed E-state index contributed by atoms with van der Waals surface area (Å²) in [5.74, 6) is 0.418. The normalized spacial score (nSPS) is 12.2. The second-order valence-corrected chi connectivity index (χ2v) is 6.15. The number of carbonyl (C=O) groups is 1. The number of rotatable bonds is 4. The number of amides is 1. The molecule has 130 valence electrons. The molecule has 0 bridgehead atoms. The van der Waals surface area contributed by atoms with Gasteiger partial charge >= 0.3 is 0 Å². The number of aryl methyl sites for hydroxylation is 1. The van der Waals surface area contributed by atoms with Crippen molar-refractivity contribution >= 4 is 16.8 Å². The molecular weight excluding hydrogens is 328 g/mol. The van der Waals surface area contributed by atoms with E-state index in [0.29, 0.717) is 11.4 Å². The van der Waals surface area contributed by atoms with E-state index in [-0.39, 0.29) is 11.9 Å². The zero-order chi connectivity index (χ0) is 18.1.